The molecule has 3 rings (SSSR count). The average Bonchev–Trinajstić information content (AvgIpc) is 2.78. The molecule has 0 aromatic heterocycles. The average molecular weight is 379 g/mol. The first-order valence-electron chi connectivity index (χ1n) is 8.30. The van der Waals surface area contributed by atoms with Crippen molar-refractivity contribution in [1.29, 1.82) is 0 Å². The normalized spacial score (nSPS) is 19.0. The Kier molecular flexibility index (Phi) is 4.17. The highest BCUT2D eigenvalue weighted by Crippen LogP contribution is 2.51. The molecule has 0 amide bonds. The van der Waals surface area contributed by atoms with Gasteiger partial charge in [0.2, 0.25) is 0 Å². The Morgan fingerprint density at radius 2 is 1.71 bits per heavy atom. The standard InChI is InChI=1S/C23H23Br/c1-7-14-11-15-12-19-17(9-3)20(10-4)23(5,6)21(19)13-18(15)22(24)16(14)8-2/h7-13H,1-2H2,3-6H3/b17-9-,20-10+. The van der Waals surface area contributed by atoms with Crippen molar-refractivity contribution in [2.75, 3.05) is 0 Å². The molecule has 0 heterocycles. The molecule has 1 heteroatoms. The summed E-state index contributed by atoms with van der Waals surface area (Å²) in [6.07, 6.45) is 8.27. The Morgan fingerprint density at radius 1 is 1.00 bits per heavy atom. The van der Waals surface area contributed by atoms with Crippen LogP contribution in [0.5, 0.6) is 0 Å². The molecule has 0 nitrogen and oxygen atoms in total. The first-order chi connectivity index (χ1) is 11.4. The molecule has 0 aliphatic heterocycles. The highest BCUT2D eigenvalue weighted by molar-refractivity contribution is 9.10. The number of halogens is 1. The summed E-state index contributed by atoms with van der Waals surface area (Å²) in [5.74, 6) is 0. The fourth-order valence-corrected chi connectivity index (χ4v) is 4.75. The molecule has 0 fully saturated rings. The quantitative estimate of drug-likeness (QED) is 0.506. The molecule has 2 aromatic rings. The lowest BCUT2D eigenvalue weighted by molar-refractivity contribution is 0.660. The smallest absolute Gasteiger partial charge is 0.0332 e. The first-order valence-corrected chi connectivity index (χ1v) is 9.09. The minimum absolute atomic E-state index is 0.0189. The van der Waals surface area contributed by atoms with Gasteiger partial charge in [-0.1, -0.05) is 51.3 Å². The molecule has 0 unspecified atom stereocenters. The van der Waals surface area contributed by atoms with Crippen LogP contribution >= 0.6 is 15.9 Å². The topological polar surface area (TPSA) is 0 Å². The van der Waals surface area contributed by atoms with Gasteiger partial charge >= 0.3 is 0 Å². The number of hydrogen-bond acceptors (Lipinski definition) is 0. The van der Waals surface area contributed by atoms with Crippen LogP contribution in [0.15, 0.2) is 53.6 Å². The second kappa shape index (κ2) is 5.89. The Balaban J connectivity index is 2.47. The van der Waals surface area contributed by atoms with Gasteiger partial charge in [-0.15, -0.1) is 0 Å². The van der Waals surface area contributed by atoms with Gasteiger partial charge < -0.3 is 0 Å². The Bertz CT molecular complexity index is 936. The number of allylic oxidation sites excluding steroid dienone is 4. The predicted octanol–water partition coefficient (Wildman–Crippen LogP) is 7.53. The van der Waals surface area contributed by atoms with Crippen molar-refractivity contribution in [1.82, 2.24) is 0 Å². The van der Waals surface area contributed by atoms with Gasteiger partial charge in [-0.3, -0.25) is 0 Å². The monoisotopic (exact) mass is 378 g/mol. The van der Waals surface area contributed by atoms with E-state index < -0.39 is 0 Å². The van der Waals surface area contributed by atoms with Gasteiger partial charge in [0.15, 0.2) is 0 Å². The molecule has 122 valence electrons. The van der Waals surface area contributed by atoms with E-state index in [0.717, 1.165) is 15.6 Å². The maximum absolute atomic E-state index is 3.96. The summed E-state index contributed by atoms with van der Waals surface area (Å²) >= 11 is 3.80. The van der Waals surface area contributed by atoms with Crippen LogP contribution in [0.25, 0.3) is 28.5 Å². The van der Waals surface area contributed by atoms with Crippen LogP contribution < -0.4 is 0 Å². The molecule has 0 N–H and O–H groups in total. The number of rotatable bonds is 2. The zero-order valence-corrected chi connectivity index (χ0v) is 16.4. The fourth-order valence-electron chi connectivity index (χ4n) is 4.01. The van der Waals surface area contributed by atoms with Gasteiger partial charge in [-0.25, -0.2) is 0 Å². The van der Waals surface area contributed by atoms with Crippen LogP contribution in [0.1, 0.15) is 49.9 Å². The zero-order chi connectivity index (χ0) is 17.6. The summed E-state index contributed by atoms with van der Waals surface area (Å²) in [6, 6.07) is 6.87. The fraction of sp³-hybridized carbons (Fsp3) is 0.217. The molecule has 24 heavy (non-hydrogen) atoms. The van der Waals surface area contributed by atoms with Crippen molar-refractivity contribution in [3.63, 3.8) is 0 Å². The van der Waals surface area contributed by atoms with Crippen LogP contribution in [-0.2, 0) is 5.41 Å². The molecule has 2 aromatic carbocycles. The van der Waals surface area contributed by atoms with Crippen LogP contribution in [0, 0.1) is 0 Å². The van der Waals surface area contributed by atoms with Crippen molar-refractivity contribution in [2.24, 2.45) is 0 Å². The largest absolute Gasteiger partial charge is 0.0984 e. The molecule has 0 saturated carbocycles. The SMILES string of the molecule is C=Cc1cc2cc3c(cc2c(Br)c1C=C)C(C)(C)C(=C/C)/C3=C\C. The van der Waals surface area contributed by atoms with Crippen LogP contribution in [0.2, 0.25) is 0 Å². The van der Waals surface area contributed by atoms with E-state index in [1.807, 2.05) is 12.2 Å². The highest BCUT2D eigenvalue weighted by atomic mass is 79.9. The number of fused-ring (bicyclic) bond motifs is 2. The molecule has 0 radical (unpaired) electrons. The number of hydrogen-bond donors (Lipinski definition) is 0. The van der Waals surface area contributed by atoms with E-state index in [9.17, 15) is 0 Å². The molecular formula is C23H23Br. The van der Waals surface area contributed by atoms with E-state index in [4.69, 9.17) is 0 Å². The minimum atomic E-state index is 0.0189. The third-order valence-corrected chi connectivity index (χ3v) is 6.07. The summed E-state index contributed by atoms with van der Waals surface area (Å²) in [5, 5.41) is 2.46. The Labute approximate surface area is 153 Å². The van der Waals surface area contributed by atoms with Crippen molar-refractivity contribution in [2.45, 2.75) is 33.1 Å². The number of benzene rings is 2. The predicted molar refractivity (Wildman–Crippen MR) is 112 cm³/mol. The molecule has 1 aliphatic carbocycles. The molecule has 0 atom stereocenters. The van der Waals surface area contributed by atoms with Gasteiger partial charge in [0, 0.05) is 9.89 Å². The van der Waals surface area contributed by atoms with Crippen LogP contribution in [0.4, 0.5) is 0 Å². The van der Waals surface area contributed by atoms with E-state index in [1.165, 1.54) is 33.0 Å². The van der Waals surface area contributed by atoms with Gasteiger partial charge in [0.25, 0.3) is 0 Å². The van der Waals surface area contributed by atoms with Gasteiger partial charge in [0.05, 0.1) is 0 Å². The van der Waals surface area contributed by atoms with Crippen molar-refractivity contribution >= 4 is 44.4 Å². The third kappa shape index (κ3) is 2.18. The molecule has 0 saturated heterocycles. The van der Waals surface area contributed by atoms with E-state index in [2.05, 4.69) is 87.1 Å². The maximum Gasteiger partial charge on any atom is 0.0332 e. The lowest BCUT2D eigenvalue weighted by atomic mass is 9.81. The summed E-state index contributed by atoms with van der Waals surface area (Å²) in [6.45, 7) is 16.8. The van der Waals surface area contributed by atoms with Crippen LogP contribution in [0.3, 0.4) is 0 Å². The van der Waals surface area contributed by atoms with E-state index in [-0.39, 0.29) is 5.41 Å². The summed E-state index contributed by atoms with van der Waals surface area (Å²) in [4.78, 5) is 0. The van der Waals surface area contributed by atoms with Crippen LogP contribution in [-0.4, -0.2) is 0 Å². The summed E-state index contributed by atoms with van der Waals surface area (Å²) in [5.41, 5.74) is 7.71. The van der Waals surface area contributed by atoms with E-state index >= 15 is 0 Å². The Hall–Kier alpha value is -1.86. The molecule has 1 aliphatic rings. The molecule has 0 spiro atoms. The van der Waals surface area contributed by atoms with Crippen molar-refractivity contribution in [3.05, 3.63) is 75.8 Å². The van der Waals surface area contributed by atoms with Gasteiger partial charge in [-0.05, 0) is 92.1 Å². The lowest BCUT2D eigenvalue weighted by Crippen LogP contribution is -2.15. The van der Waals surface area contributed by atoms with Gasteiger partial charge in [-0.2, -0.15) is 0 Å². The van der Waals surface area contributed by atoms with Crippen molar-refractivity contribution in [3.8, 4) is 0 Å². The van der Waals surface area contributed by atoms with E-state index in [0.29, 0.717) is 0 Å². The second-order valence-corrected chi connectivity index (χ2v) is 7.54. The van der Waals surface area contributed by atoms with E-state index in [1.54, 1.807) is 0 Å². The summed E-state index contributed by atoms with van der Waals surface area (Å²) in [7, 11) is 0. The lowest BCUT2D eigenvalue weighted by Gasteiger charge is -2.22. The summed E-state index contributed by atoms with van der Waals surface area (Å²) < 4.78 is 1.10. The molecule has 0 bridgehead atoms. The highest BCUT2D eigenvalue weighted by Gasteiger charge is 2.37. The van der Waals surface area contributed by atoms with Gasteiger partial charge in [0.1, 0.15) is 0 Å². The second-order valence-electron chi connectivity index (χ2n) is 6.75. The third-order valence-electron chi connectivity index (χ3n) is 5.21. The minimum Gasteiger partial charge on any atom is -0.0984 e. The molecular weight excluding hydrogens is 356 g/mol. The zero-order valence-electron chi connectivity index (χ0n) is 14.8. The maximum atomic E-state index is 3.96. The van der Waals surface area contributed by atoms with Crippen molar-refractivity contribution < 1.29 is 0 Å². The first kappa shape index (κ1) is 17.0. The Morgan fingerprint density at radius 3 is 2.25 bits per heavy atom.